The molecule has 4 heteroatoms. The van der Waals surface area contributed by atoms with Crippen molar-refractivity contribution in [1.29, 1.82) is 0 Å². The van der Waals surface area contributed by atoms with Crippen molar-refractivity contribution in [1.82, 2.24) is 5.43 Å². The average Bonchev–Trinajstić information content (AvgIpc) is 2.42. The molecule has 0 fully saturated rings. The zero-order valence-corrected chi connectivity index (χ0v) is 10.3. The van der Waals surface area contributed by atoms with Gasteiger partial charge in [-0.15, -0.1) is 0 Å². The molecular weight excluding hydrogens is 248 g/mol. The van der Waals surface area contributed by atoms with Crippen LogP contribution in [0.3, 0.4) is 0 Å². The second kappa shape index (κ2) is 5.98. The van der Waals surface area contributed by atoms with E-state index in [1.165, 1.54) is 0 Å². The molecule has 18 heavy (non-hydrogen) atoms. The van der Waals surface area contributed by atoms with Gasteiger partial charge in [0.25, 0.3) is 5.91 Å². The molecule has 0 aliphatic carbocycles. The van der Waals surface area contributed by atoms with Gasteiger partial charge in [-0.25, -0.2) is 5.43 Å². The van der Waals surface area contributed by atoms with Gasteiger partial charge in [-0.05, 0) is 29.8 Å². The summed E-state index contributed by atoms with van der Waals surface area (Å²) in [5.74, 6) is -0.235. The minimum Gasteiger partial charge on any atom is -0.267 e. The fourth-order valence-corrected chi connectivity index (χ4v) is 1.49. The van der Waals surface area contributed by atoms with Crippen LogP contribution in [0.25, 0.3) is 0 Å². The number of carbonyl (C=O) groups excluding carboxylic acids is 1. The molecule has 0 heterocycles. The van der Waals surface area contributed by atoms with Gasteiger partial charge in [0, 0.05) is 10.6 Å². The van der Waals surface area contributed by atoms with Gasteiger partial charge in [-0.1, -0.05) is 41.9 Å². The highest BCUT2D eigenvalue weighted by Gasteiger charge is 2.01. The van der Waals surface area contributed by atoms with E-state index in [1.54, 1.807) is 42.6 Å². The van der Waals surface area contributed by atoms with Crippen molar-refractivity contribution < 1.29 is 4.79 Å². The van der Waals surface area contributed by atoms with Crippen LogP contribution in [-0.4, -0.2) is 12.1 Å². The lowest BCUT2D eigenvalue weighted by Crippen LogP contribution is -2.17. The van der Waals surface area contributed by atoms with Gasteiger partial charge >= 0.3 is 0 Å². The van der Waals surface area contributed by atoms with Crippen LogP contribution in [-0.2, 0) is 0 Å². The highest BCUT2D eigenvalue weighted by Crippen LogP contribution is 2.07. The Morgan fingerprint density at radius 2 is 1.72 bits per heavy atom. The van der Waals surface area contributed by atoms with E-state index in [4.69, 9.17) is 11.6 Å². The first-order valence-corrected chi connectivity index (χ1v) is 5.77. The molecule has 2 aromatic carbocycles. The minimum absolute atomic E-state index is 0.235. The highest BCUT2D eigenvalue weighted by atomic mass is 35.5. The topological polar surface area (TPSA) is 41.5 Å². The number of benzene rings is 2. The summed E-state index contributed by atoms with van der Waals surface area (Å²) in [7, 11) is 0. The Hall–Kier alpha value is -2.13. The Morgan fingerprint density at radius 1 is 1.06 bits per heavy atom. The average molecular weight is 259 g/mol. The zero-order valence-electron chi connectivity index (χ0n) is 9.51. The van der Waals surface area contributed by atoms with E-state index in [1.807, 2.05) is 18.2 Å². The van der Waals surface area contributed by atoms with Crippen molar-refractivity contribution in [3.05, 3.63) is 70.7 Å². The van der Waals surface area contributed by atoms with Crippen molar-refractivity contribution in [3.8, 4) is 0 Å². The number of rotatable bonds is 3. The molecule has 0 radical (unpaired) electrons. The first-order valence-electron chi connectivity index (χ1n) is 5.40. The number of hydrazone groups is 1. The fourth-order valence-electron chi connectivity index (χ4n) is 1.37. The molecule has 0 aromatic heterocycles. The van der Waals surface area contributed by atoms with Crippen LogP contribution in [0.15, 0.2) is 59.7 Å². The van der Waals surface area contributed by atoms with E-state index in [9.17, 15) is 4.79 Å². The van der Waals surface area contributed by atoms with Crippen LogP contribution < -0.4 is 5.43 Å². The van der Waals surface area contributed by atoms with Gasteiger partial charge in [0.15, 0.2) is 0 Å². The molecule has 0 unspecified atom stereocenters. The molecule has 0 atom stereocenters. The van der Waals surface area contributed by atoms with E-state index in [0.29, 0.717) is 10.6 Å². The highest BCUT2D eigenvalue weighted by molar-refractivity contribution is 6.30. The molecule has 0 aliphatic rings. The molecule has 1 amide bonds. The number of halogens is 1. The van der Waals surface area contributed by atoms with Crippen molar-refractivity contribution >= 4 is 23.7 Å². The zero-order chi connectivity index (χ0) is 12.8. The van der Waals surface area contributed by atoms with Gasteiger partial charge in [0.1, 0.15) is 0 Å². The molecule has 1 N–H and O–H groups in total. The number of nitrogens with one attached hydrogen (secondary N) is 1. The monoisotopic (exact) mass is 258 g/mol. The molecule has 0 saturated heterocycles. The molecule has 90 valence electrons. The van der Waals surface area contributed by atoms with Gasteiger partial charge in [-0.2, -0.15) is 5.10 Å². The summed E-state index contributed by atoms with van der Waals surface area (Å²) in [4.78, 5) is 11.6. The molecule has 2 aromatic rings. The quantitative estimate of drug-likeness (QED) is 0.667. The normalized spacial score (nSPS) is 10.5. The Labute approximate surface area is 110 Å². The predicted molar refractivity (Wildman–Crippen MR) is 73.0 cm³/mol. The summed E-state index contributed by atoms with van der Waals surface area (Å²) in [6.45, 7) is 0. The number of hydrogen-bond donors (Lipinski definition) is 1. The summed E-state index contributed by atoms with van der Waals surface area (Å²) in [6, 6.07) is 16.1. The smallest absolute Gasteiger partial charge is 0.267 e. The van der Waals surface area contributed by atoms with Crippen molar-refractivity contribution in [2.24, 2.45) is 5.10 Å². The van der Waals surface area contributed by atoms with Crippen LogP contribution >= 0.6 is 11.6 Å². The SMILES string of the molecule is O=C(N/N=C/c1ccc(Cl)cc1)c1ccccc1. The van der Waals surface area contributed by atoms with Gasteiger partial charge in [0.05, 0.1) is 6.21 Å². The van der Waals surface area contributed by atoms with Crippen LogP contribution in [0.2, 0.25) is 5.02 Å². The van der Waals surface area contributed by atoms with E-state index in [-0.39, 0.29) is 5.91 Å². The van der Waals surface area contributed by atoms with Crippen molar-refractivity contribution in [2.45, 2.75) is 0 Å². The Balaban J connectivity index is 1.96. The van der Waals surface area contributed by atoms with Crippen LogP contribution in [0, 0.1) is 0 Å². The van der Waals surface area contributed by atoms with E-state index >= 15 is 0 Å². The lowest BCUT2D eigenvalue weighted by molar-refractivity contribution is 0.0955. The van der Waals surface area contributed by atoms with Gasteiger partial charge in [0.2, 0.25) is 0 Å². The molecule has 0 spiro atoms. The summed E-state index contributed by atoms with van der Waals surface area (Å²) in [5.41, 5.74) is 3.90. The minimum atomic E-state index is -0.235. The van der Waals surface area contributed by atoms with Crippen molar-refractivity contribution in [2.75, 3.05) is 0 Å². The third kappa shape index (κ3) is 3.43. The first-order chi connectivity index (χ1) is 8.75. The van der Waals surface area contributed by atoms with Gasteiger partial charge in [-0.3, -0.25) is 4.79 Å². The first kappa shape index (κ1) is 12.3. The summed E-state index contributed by atoms with van der Waals surface area (Å²) >= 11 is 5.76. The number of amides is 1. The van der Waals surface area contributed by atoms with E-state index in [0.717, 1.165) is 5.56 Å². The third-order valence-corrected chi connectivity index (χ3v) is 2.54. The Kier molecular flexibility index (Phi) is 4.10. The van der Waals surface area contributed by atoms with Crippen molar-refractivity contribution in [3.63, 3.8) is 0 Å². The fraction of sp³-hybridized carbons (Fsp3) is 0. The maximum Gasteiger partial charge on any atom is 0.271 e. The summed E-state index contributed by atoms with van der Waals surface area (Å²) in [5, 5.41) is 4.55. The summed E-state index contributed by atoms with van der Waals surface area (Å²) < 4.78 is 0. The summed E-state index contributed by atoms with van der Waals surface area (Å²) in [6.07, 6.45) is 1.57. The Bertz CT molecular complexity index is 550. The molecule has 3 nitrogen and oxygen atoms in total. The maximum absolute atomic E-state index is 11.6. The maximum atomic E-state index is 11.6. The number of nitrogens with zero attached hydrogens (tertiary/aromatic N) is 1. The molecule has 0 bridgehead atoms. The number of carbonyl (C=O) groups is 1. The largest absolute Gasteiger partial charge is 0.271 e. The molecule has 0 saturated carbocycles. The molecule has 2 rings (SSSR count). The second-order valence-electron chi connectivity index (χ2n) is 3.62. The van der Waals surface area contributed by atoms with Crippen LogP contribution in [0.4, 0.5) is 0 Å². The van der Waals surface area contributed by atoms with Crippen LogP contribution in [0.5, 0.6) is 0 Å². The third-order valence-electron chi connectivity index (χ3n) is 2.29. The lowest BCUT2D eigenvalue weighted by Gasteiger charge is -1.98. The molecular formula is C14H11ClN2O. The lowest BCUT2D eigenvalue weighted by atomic mass is 10.2. The number of hydrogen-bond acceptors (Lipinski definition) is 2. The van der Waals surface area contributed by atoms with E-state index < -0.39 is 0 Å². The van der Waals surface area contributed by atoms with Crippen LogP contribution in [0.1, 0.15) is 15.9 Å². The second-order valence-corrected chi connectivity index (χ2v) is 4.05. The van der Waals surface area contributed by atoms with E-state index in [2.05, 4.69) is 10.5 Å². The molecule has 0 aliphatic heterocycles. The Morgan fingerprint density at radius 3 is 2.39 bits per heavy atom. The van der Waals surface area contributed by atoms with Gasteiger partial charge < -0.3 is 0 Å². The predicted octanol–water partition coefficient (Wildman–Crippen LogP) is 3.10. The standard InChI is InChI=1S/C14H11ClN2O/c15-13-8-6-11(7-9-13)10-16-17-14(18)12-4-2-1-3-5-12/h1-10H,(H,17,18)/b16-10+.